The number of hydrogen-bond acceptors (Lipinski definition) is 3. The van der Waals surface area contributed by atoms with Crippen molar-refractivity contribution in [2.75, 3.05) is 27.2 Å². The Balaban J connectivity index is 2.11. The molecule has 1 N–H and O–H groups in total. The van der Waals surface area contributed by atoms with Crippen molar-refractivity contribution in [3.05, 3.63) is 29.3 Å². The number of nitrogens with zero attached hydrogens (tertiary/aromatic N) is 1. The van der Waals surface area contributed by atoms with Crippen molar-refractivity contribution >= 4 is 0 Å². The lowest BCUT2D eigenvalue weighted by Gasteiger charge is -2.35. The topological polar surface area (TPSA) is 24.5 Å². The summed E-state index contributed by atoms with van der Waals surface area (Å²) in [5, 5.41) is 3.31. The quantitative estimate of drug-likeness (QED) is 0.865. The van der Waals surface area contributed by atoms with Crippen LogP contribution in [0.1, 0.15) is 30.9 Å². The Morgan fingerprint density at radius 1 is 1.39 bits per heavy atom. The predicted molar refractivity (Wildman–Crippen MR) is 75.2 cm³/mol. The van der Waals surface area contributed by atoms with Gasteiger partial charge < -0.3 is 10.1 Å². The minimum Gasteiger partial charge on any atom is -0.496 e. The second-order valence-electron chi connectivity index (χ2n) is 5.45. The molecule has 0 aliphatic carbocycles. The molecule has 1 aromatic carbocycles. The van der Waals surface area contributed by atoms with E-state index in [1.165, 1.54) is 11.1 Å². The van der Waals surface area contributed by atoms with Crippen LogP contribution in [0.3, 0.4) is 0 Å². The van der Waals surface area contributed by atoms with Gasteiger partial charge in [-0.2, -0.15) is 0 Å². The van der Waals surface area contributed by atoms with Crippen LogP contribution in [0.5, 0.6) is 5.75 Å². The van der Waals surface area contributed by atoms with Crippen molar-refractivity contribution in [2.45, 2.75) is 32.4 Å². The van der Waals surface area contributed by atoms with Gasteiger partial charge in [0.05, 0.1) is 7.11 Å². The molecule has 3 heteroatoms. The molecule has 1 aliphatic rings. The molecule has 18 heavy (non-hydrogen) atoms. The van der Waals surface area contributed by atoms with Crippen LogP contribution in [0.15, 0.2) is 18.2 Å². The minimum atomic E-state index is 0.543. The van der Waals surface area contributed by atoms with E-state index in [0.29, 0.717) is 12.0 Å². The van der Waals surface area contributed by atoms with Gasteiger partial charge in [0.2, 0.25) is 0 Å². The molecular weight excluding hydrogens is 224 g/mol. The third kappa shape index (κ3) is 2.85. The van der Waals surface area contributed by atoms with Gasteiger partial charge in [-0.25, -0.2) is 0 Å². The lowest BCUT2D eigenvalue weighted by Crippen LogP contribution is -2.55. The average Bonchev–Trinajstić information content (AvgIpc) is 2.26. The first kappa shape index (κ1) is 13.4. The lowest BCUT2D eigenvalue weighted by molar-refractivity contribution is 0.171. The predicted octanol–water partition coefficient (Wildman–Crippen LogP) is 2.22. The molecule has 0 spiro atoms. The molecule has 3 nitrogen and oxygen atoms in total. The molecule has 2 rings (SSSR count). The van der Waals surface area contributed by atoms with E-state index in [0.717, 1.165) is 25.4 Å². The summed E-state index contributed by atoms with van der Waals surface area (Å²) >= 11 is 0. The van der Waals surface area contributed by atoms with Crippen molar-refractivity contribution in [3.8, 4) is 5.75 Å². The molecule has 0 unspecified atom stereocenters. The van der Waals surface area contributed by atoms with Crippen LogP contribution in [-0.4, -0.2) is 38.2 Å². The number of likely N-dealkylation sites (N-methyl/N-ethyl adjacent to an activating group) is 1. The minimum absolute atomic E-state index is 0.543. The highest BCUT2D eigenvalue weighted by atomic mass is 16.5. The molecule has 1 heterocycles. The molecule has 0 bridgehead atoms. The Hall–Kier alpha value is -1.06. The zero-order chi connectivity index (χ0) is 13.1. The van der Waals surface area contributed by atoms with Crippen LogP contribution >= 0.6 is 0 Å². The van der Waals surface area contributed by atoms with Gasteiger partial charge in [-0.05, 0) is 24.6 Å². The first-order chi connectivity index (χ1) is 8.61. The highest BCUT2D eigenvalue weighted by molar-refractivity contribution is 5.38. The van der Waals surface area contributed by atoms with E-state index < -0.39 is 0 Å². The van der Waals surface area contributed by atoms with Gasteiger partial charge in [-0.15, -0.1) is 0 Å². The third-order valence-corrected chi connectivity index (χ3v) is 3.78. The highest BCUT2D eigenvalue weighted by Gasteiger charge is 2.22. The maximum atomic E-state index is 5.53. The smallest absolute Gasteiger partial charge is 0.123 e. The van der Waals surface area contributed by atoms with E-state index >= 15 is 0 Å². The van der Waals surface area contributed by atoms with Crippen LogP contribution in [0, 0.1) is 0 Å². The van der Waals surface area contributed by atoms with E-state index in [4.69, 9.17) is 4.74 Å². The van der Waals surface area contributed by atoms with Gasteiger partial charge in [-0.3, -0.25) is 4.90 Å². The fourth-order valence-corrected chi connectivity index (χ4v) is 2.23. The standard InChI is InChI=1S/C15H24N2O/c1-11(2)12-5-6-13(15(7-12)18-4)10-17(3)14-8-16-9-14/h5-7,11,14,16H,8-10H2,1-4H3. The SMILES string of the molecule is COc1cc(C(C)C)ccc1CN(C)C1CNC1. The monoisotopic (exact) mass is 248 g/mol. The molecule has 100 valence electrons. The first-order valence-electron chi connectivity index (χ1n) is 6.69. The molecular formula is C15H24N2O. The Labute approximate surface area is 110 Å². The average molecular weight is 248 g/mol. The second-order valence-corrected chi connectivity index (χ2v) is 5.45. The molecule has 1 fully saturated rings. The van der Waals surface area contributed by atoms with Crippen LogP contribution in [0.25, 0.3) is 0 Å². The first-order valence-corrected chi connectivity index (χ1v) is 6.69. The number of benzene rings is 1. The van der Waals surface area contributed by atoms with Crippen molar-refractivity contribution in [2.24, 2.45) is 0 Å². The molecule has 1 saturated heterocycles. The van der Waals surface area contributed by atoms with Crippen LogP contribution in [0.4, 0.5) is 0 Å². The summed E-state index contributed by atoms with van der Waals surface area (Å²) in [6.07, 6.45) is 0. The number of rotatable bonds is 5. The Kier molecular flexibility index (Phi) is 4.25. The number of nitrogens with one attached hydrogen (secondary N) is 1. The Morgan fingerprint density at radius 3 is 2.61 bits per heavy atom. The summed E-state index contributed by atoms with van der Waals surface area (Å²) in [6, 6.07) is 7.26. The summed E-state index contributed by atoms with van der Waals surface area (Å²) < 4.78 is 5.53. The van der Waals surface area contributed by atoms with Gasteiger partial charge in [0.15, 0.2) is 0 Å². The number of ether oxygens (including phenoxy) is 1. The largest absolute Gasteiger partial charge is 0.496 e. The van der Waals surface area contributed by atoms with Gasteiger partial charge >= 0.3 is 0 Å². The summed E-state index contributed by atoms with van der Waals surface area (Å²) in [4.78, 5) is 2.39. The third-order valence-electron chi connectivity index (χ3n) is 3.78. The number of methoxy groups -OCH3 is 1. The maximum absolute atomic E-state index is 5.53. The Morgan fingerprint density at radius 2 is 2.11 bits per heavy atom. The summed E-state index contributed by atoms with van der Waals surface area (Å²) in [7, 11) is 3.94. The lowest BCUT2D eigenvalue weighted by atomic mass is 10.0. The zero-order valence-corrected chi connectivity index (χ0v) is 11.9. The van der Waals surface area contributed by atoms with Gasteiger partial charge in [0.25, 0.3) is 0 Å². The fourth-order valence-electron chi connectivity index (χ4n) is 2.23. The molecule has 0 aromatic heterocycles. The normalized spacial score (nSPS) is 16.1. The second kappa shape index (κ2) is 5.72. The van der Waals surface area contributed by atoms with E-state index in [-0.39, 0.29) is 0 Å². The fraction of sp³-hybridized carbons (Fsp3) is 0.600. The molecule has 1 aliphatic heterocycles. The molecule has 1 aromatic rings. The molecule has 0 amide bonds. The van der Waals surface area contributed by atoms with Gasteiger partial charge in [0.1, 0.15) is 5.75 Å². The van der Waals surface area contributed by atoms with Crippen molar-refractivity contribution < 1.29 is 4.74 Å². The van der Waals surface area contributed by atoms with Crippen LogP contribution in [0.2, 0.25) is 0 Å². The van der Waals surface area contributed by atoms with Crippen molar-refractivity contribution in [1.29, 1.82) is 0 Å². The summed E-state index contributed by atoms with van der Waals surface area (Å²) in [6.45, 7) is 7.57. The van der Waals surface area contributed by atoms with Crippen LogP contribution < -0.4 is 10.1 Å². The zero-order valence-electron chi connectivity index (χ0n) is 11.9. The van der Waals surface area contributed by atoms with E-state index in [1.807, 2.05) is 0 Å². The van der Waals surface area contributed by atoms with E-state index in [1.54, 1.807) is 7.11 Å². The van der Waals surface area contributed by atoms with Crippen molar-refractivity contribution in [3.63, 3.8) is 0 Å². The highest BCUT2D eigenvalue weighted by Crippen LogP contribution is 2.26. The summed E-state index contributed by atoms with van der Waals surface area (Å²) in [5.41, 5.74) is 2.61. The Bertz CT molecular complexity index is 399. The van der Waals surface area contributed by atoms with Gasteiger partial charge in [-0.1, -0.05) is 26.0 Å². The maximum Gasteiger partial charge on any atom is 0.123 e. The van der Waals surface area contributed by atoms with Crippen LogP contribution in [-0.2, 0) is 6.54 Å². The van der Waals surface area contributed by atoms with E-state index in [9.17, 15) is 0 Å². The molecule has 0 atom stereocenters. The molecule has 0 saturated carbocycles. The van der Waals surface area contributed by atoms with E-state index in [2.05, 4.69) is 49.3 Å². The van der Waals surface area contributed by atoms with Crippen molar-refractivity contribution in [1.82, 2.24) is 10.2 Å². The summed E-state index contributed by atoms with van der Waals surface area (Å²) in [5.74, 6) is 1.56. The molecule has 0 radical (unpaired) electrons. The van der Waals surface area contributed by atoms with Gasteiger partial charge in [0, 0.05) is 31.2 Å². The number of hydrogen-bond donors (Lipinski definition) is 1.